The van der Waals surface area contributed by atoms with E-state index in [9.17, 15) is 24.6 Å². The molecule has 0 bridgehead atoms. The number of nitrogens with one attached hydrogen (secondary N) is 2. The second-order valence-electron chi connectivity index (χ2n) is 9.14. The maximum atomic E-state index is 11.9. The number of anilines is 2. The van der Waals surface area contributed by atoms with Gasteiger partial charge in [-0.2, -0.15) is 0 Å². The number of carboxylic acid groups (broad SMARTS) is 2. The Hall–Kier alpha value is -5.07. The number of aromatic carboxylic acids is 2. The monoisotopic (exact) mass is 572 g/mol. The van der Waals surface area contributed by atoms with Gasteiger partial charge in [-0.05, 0) is 78.9 Å². The number of benzene rings is 2. The standard InChI is InChI=1S/C29H24N4O7S/c1-39-15-24(34)31-19-5-7-20(8-6-19)33-26(25(32-29(33)41)21-4-2-3-11-30-21)23-10-9-22(40-23)16-12-17(27(35)36)14-18(13-16)28(37)38/h2-14,25-26H,15H2,1H3,(H,31,34)(H,32,41)(H,35,36)(H,37,38). The summed E-state index contributed by atoms with van der Waals surface area (Å²) in [6.45, 7) is -0.0696. The minimum Gasteiger partial charge on any atom is -0.478 e. The van der Waals surface area contributed by atoms with Crippen LogP contribution in [0.1, 0.15) is 44.3 Å². The zero-order valence-corrected chi connectivity index (χ0v) is 22.4. The maximum Gasteiger partial charge on any atom is 0.335 e. The van der Waals surface area contributed by atoms with Crippen molar-refractivity contribution in [3.05, 3.63) is 102 Å². The molecule has 2 aromatic heterocycles. The van der Waals surface area contributed by atoms with Gasteiger partial charge < -0.3 is 34.9 Å². The van der Waals surface area contributed by atoms with Gasteiger partial charge in [0, 0.05) is 30.2 Å². The minimum absolute atomic E-state index is 0.0696. The average molecular weight is 573 g/mol. The van der Waals surface area contributed by atoms with Gasteiger partial charge in [0.2, 0.25) is 5.91 Å². The molecule has 4 aromatic rings. The first-order valence-electron chi connectivity index (χ1n) is 12.4. The molecule has 1 saturated heterocycles. The molecule has 208 valence electrons. The molecule has 2 aromatic carbocycles. The summed E-state index contributed by atoms with van der Waals surface area (Å²) in [5.41, 5.74) is 1.97. The van der Waals surface area contributed by atoms with Gasteiger partial charge >= 0.3 is 11.9 Å². The van der Waals surface area contributed by atoms with Gasteiger partial charge in [-0.1, -0.05) is 6.07 Å². The normalized spacial score (nSPS) is 16.3. The van der Waals surface area contributed by atoms with E-state index in [1.165, 1.54) is 19.2 Å². The van der Waals surface area contributed by atoms with Gasteiger partial charge in [0.25, 0.3) is 0 Å². The Morgan fingerprint density at radius 3 is 2.34 bits per heavy atom. The van der Waals surface area contributed by atoms with Crippen molar-refractivity contribution in [2.75, 3.05) is 23.9 Å². The van der Waals surface area contributed by atoms with Crippen molar-refractivity contribution >= 4 is 46.6 Å². The molecule has 2 atom stereocenters. The number of thiocarbonyl (C=S) groups is 1. The van der Waals surface area contributed by atoms with Crippen LogP contribution in [0.2, 0.25) is 0 Å². The van der Waals surface area contributed by atoms with E-state index in [1.807, 2.05) is 29.2 Å². The number of amides is 1. The number of nitrogens with zero attached hydrogens (tertiary/aromatic N) is 2. The highest BCUT2D eigenvalue weighted by Gasteiger charge is 2.42. The van der Waals surface area contributed by atoms with Crippen LogP contribution < -0.4 is 15.5 Å². The van der Waals surface area contributed by atoms with Crippen molar-refractivity contribution in [1.29, 1.82) is 0 Å². The number of ether oxygens (including phenoxy) is 1. The molecule has 2 unspecified atom stereocenters. The Labute approximate surface area is 239 Å². The van der Waals surface area contributed by atoms with Crippen molar-refractivity contribution in [2.24, 2.45) is 0 Å². The number of aromatic nitrogens is 1. The van der Waals surface area contributed by atoms with E-state index in [0.717, 1.165) is 11.8 Å². The van der Waals surface area contributed by atoms with E-state index in [0.29, 0.717) is 33.6 Å². The van der Waals surface area contributed by atoms with Crippen LogP contribution >= 0.6 is 12.2 Å². The topological polar surface area (TPSA) is 154 Å². The van der Waals surface area contributed by atoms with Crippen LogP contribution in [0.3, 0.4) is 0 Å². The van der Waals surface area contributed by atoms with Crippen LogP contribution in [0.5, 0.6) is 0 Å². The lowest BCUT2D eigenvalue weighted by atomic mass is 10.0. The van der Waals surface area contributed by atoms with Crippen molar-refractivity contribution in [3.8, 4) is 11.3 Å². The smallest absolute Gasteiger partial charge is 0.335 e. The number of carbonyl (C=O) groups excluding carboxylic acids is 1. The van der Waals surface area contributed by atoms with Crippen LogP contribution in [0.15, 0.2) is 83.4 Å². The predicted octanol–water partition coefficient (Wildman–Crippen LogP) is 4.50. The molecule has 12 heteroatoms. The number of rotatable bonds is 9. The number of methoxy groups -OCH3 is 1. The van der Waals surface area contributed by atoms with Crippen LogP contribution in [-0.2, 0) is 9.53 Å². The third-order valence-electron chi connectivity index (χ3n) is 6.43. The average Bonchev–Trinajstić information content (AvgIpc) is 3.58. The van der Waals surface area contributed by atoms with Gasteiger partial charge in [0.15, 0.2) is 5.11 Å². The zero-order chi connectivity index (χ0) is 29.1. The van der Waals surface area contributed by atoms with Gasteiger partial charge in [0.1, 0.15) is 24.2 Å². The van der Waals surface area contributed by atoms with Gasteiger partial charge in [-0.3, -0.25) is 9.78 Å². The lowest BCUT2D eigenvalue weighted by Gasteiger charge is -2.26. The molecular weight excluding hydrogens is 548 g/mol. The summed E-state index contributed by atoms with van der Waals surface area (Å²) in [6.07, 6.45) is 1.68. The molecule has 0 spiro atoms. The number of furan rings is 1. The SMILES string of the molecule is COCC(=O)Nc1ccc(N2C(=S)NC(c3ccccn3)C2c2ccc(-c3cc(C(=O)O)cc(C(=O)O)c3)o2)cc1. The molecule has 3 heterocycles. The predicted molar refractivity (Wildman–Crippen MR) is 153 cm³/mol. The molecule has 0 aliphatic carbocycles. The highest BCUT2D eigenvalue weighted by Crippen LogP contribution is 2.43. The minimum atomic E-state index is -1.25. The van der Waals surface area contributed by atoms with Crippen LogP contribution in [0, 0.1) is 0 Å². The molecule has 1 fully saturated rings. The van der Waals surface area contributed by atoms with E-state index < -0.39 is 24.0 Å². The largest absolute Gasteiger partial charge is 0.478 e. The lowest BCUT2D eigenvalue weighted by Crippen LogP contribution is -2.29. The van der Waals surface area contributed by atoms with Crippen LogP contribution in [0.4, 0.5) is 11.4 Å². The summed E-state index contributed by atoms with van der Waals surface area (Å²) < 4.78 is 11.1. The van der Waals surface area contributed by atoms with E-state index in [4.69, 9.17) is 21.4 Å². The first kappa shape index (κ1) is 27.5. The van der Waals surface area contributed by atoms with Crippen LogP contribution in [0.25, 0.3) is 11.3 Å². The lowest BCUT2D eigenvalue weighted by molar-refractivity contribution is -0.119. The third-order valence-corrected chi connectivity index (χ3v) is 6.75. The number of hydrogen-bond acceptors (Lipinski definition) is 7. The number of hydrogen-bond donors (Lipinski definition) is 4. The highest BCUT2D eigenvalue weighted by atomic mass is 32.1. The summed E-state index contributed by atoms with van der Waals surface area (Å²) in [6, 6.07) is 18.9. The summed E-state index contributed by atoms with van der Waals surface area (Å²) in [5, 5.41) is 25.5. The fourth-order valence-corrected chi connectivity index (χ4v) is 4.99. The number of carbonyl (C=O) groups is 3. The molecule has 1 amide bonds. The highest BCUT2D eigenvalue weighted by molar-refractivity contribution is 7.80. The van der Waals surface area contributed by atoms with E-state index in [2.05, 4.69) is 15.6 Å². The molecule has 5 rings (SSSR count). The maximum absolute atomic E-state index is 11.9. The molecular formula is C29H24N4O7S. The second-order valence-corrected chi connectivity index (χ2v) is 9.52. The molecule has 1 aliphatic rings. The quantitative estimate of drug-likeness (QED) is 0.210. The fourth-order valence-electron chi connectivity index (χ4n) is 4.64. The first-order chi connectivity index (χ1) is 19.7. The van der Waals surface area contributed by atoms with Crippen LogP contribution in [-0.4, -0.2) is 51.9 Å². The molecule has 0 radical (unpaired) electrons. The number of carboxylic acids is 2. The van der Waals surface area contributed by atoms with Gasteiger partial charge in [-0.15, -0.1) is 0 Å². The van der Waals surface area contributed by atoms with Crippen molar-refractivity contribution in [1.82, 2.24) is 10.3 Å². The van der Waals surface area contributed by atoms with Crippen molar-refractivity contribution < 1.29 is 33.8 Å². The zero-order valence-electron chi connectivity index (χ0n) is 21.6. The Morgan fingerprint density at radius 2 is 1.73 bits per heavy atom. The summed E-state index contributed by atoms with van der Waals surface area (Å²) in [4.78, 5) is 41.6. The third kappa shape index (κ3) is 5.78. The fraction of sp³-hybridized carbons (Fsp3) is 0.138. The Morgan fingerprint density at radius 1 is 1.02 bits per heavy atom. The first-order valence-corrected chi connectivity index (χ1v) is 12.8. The molecule has 4 N–H and O–H groups in total. The van der Waals surface area contributed by atoms with Gasteiger partial charge in [0.05, 0.1) is 22.9 Å². The molecule has 0 saturated carbocycles. The van der Waals surface area contributed by atoms with Crippen molar-refractivity contribution in [3.63, 3.8) is 0 Å². The van der Waals surface area contributed by atoms with Gasteiger partial charge in [-0.25, -0.2) is 9.59 Å². The second kappa shape index (κ2) is 11.6. The Balaban J connectivity index is 1.54. The summed E-state index contributed by atoms with van der Waals surface area (Å²) >= 11 is 5.73. The van der Waals surface area contributed by atoms with E-state index in [1.54, 1.807) is 36.5 Å². The molecule has 1 aliphatic heterocycles. The van der Waals surface area contributed by atoms with Crippen molar-refractivity contribution in [2.45, 2.75) is 12.1 Å². The molecule has 11 nitrogen and oxygen atoms in total. The summed E-state index contributed by atoms with van der Waals surface area (Å²) in [7, 11) is 1.44. The van der Waals surface area contributed by atoms with E-state index >= 15 is 0 Å². The Kier molecular flexibility index (Phi) is 7.77. The summed E-state index contributed by atoms with van der Waals surface area (Å²) in [5.74, 6) is -2.02. The van der Waals surface area contributed by atoms with E-state index in [-0.39, 0.29) is 23.6 Å². The molecule has 41 heavy (non-hydrogen) atoms. The number of pyridine rings is 1. The Bertz CT molecular complexity index is 1590.